The smallest absolute Gasteiger partial charge is 0.228 e. The molecule has 2 heterocycles. The number of aromatic nitrogens is 1. The largest absolute Gasteiger partial charge is 0.318 e. The van der Waals surface area contributed by atoms with Crippen molar-refractivity contribution in [3.63, 3.8) is 0 Å². The second-order valence-electron chi connectivity index (χ2n) is 7.32. The molecule has 7 nitrogen and oxygen atoms in total. The summed E-state index contributed by atoms with van der Waals surface area (Å²) >= 11 is 14.1. The molecule has 4 rings (SSSR count). The van der Waals surface area contributed by atoms with Crippen LogP contribution in [0.5, 0.6) is 0 Å². The number of anilines is 1. The molecule has 10 heteroatoms. The number of benzene rings is 1. The van der Waals surface area contributed by atoms with Crippen LogP contribution < -0.4 is 22.1 Å². The first-order valence-electron chi connectivity index (χ1n) is 10.2. The summed E-state index contributed by atoms with van der Waals surface area (Å²) in [4.78, 5) is 18.2. The SMILES string of the molecule is CC#N.NCNC(N)c1sc(-c2ccnc(NC(=O)C3CC3)c2)cc1-c1ccc(Cl)cc1Cl. The highest BCUT2D eigenvalue weighted by molar-refractivity contribution is 7.16. The number of pyridine rings is 1. The van der Waals surface area contributed by atoms with Crippen LogP contribution in [0, 0.1) is 17.2 Å². The van der Waals surface area contributed by atoms with Gasteiger partial charge in [0.15, 0.2) is 0 Å². The average Bonchev–Trinajstić information content (AvgIpc) is 3.54. The minimum atomic E-state index is -0.452. The number of thiophene rings is 1. The van der Waals surface area contributed by atoms with Crippen LogP contribution in [0.15, 0.2) is 42.6 Å². The molecule has 1 aliphatic carbocycles. The van der Waals surface area contributed by atoms with Crippen molar-refractivity contribution >= 4 is 46.3 Å². The van der Waals surface area contributed by atoms with E-state index in [0.29, 0.717) is 15.9 Å². The predicted octanol–water partition coefficient (Wildman–Crippen LogP) is 5.13. The van der Waals surface area contributed by atoms with Gasteiger partial charge in [-0.1, -0.05) is 29.3 Å². The van der Waals surface area contributed by atoms with Gasteiger partial charge in [-0.2, -0.15) is 5.26 Å². The van der Waals surface area contributed by atoms with E-state index >= 15 is 0 Å². The number of nitrogens with zero attached hydrogens (tertiary/aromatic N) is 2. The van der Waals surface area contributed by atoms with E-state index in [2.05, 4.69) is 15.6 Å². The van der Waals surface area contributed by atoms with Crippen LogP contribution in [0.2, 0.25) is 10.0 Å². The van der Waals surface area contributed by atoms with Crippen molar-refractivity contribution in [1.82, 2.24) is 10.3 Å². The average molecular weight is 503 g/mol. The van der Waals surface area contributed by atoms with E-state index in [9.17, 15) is 4.79 Å². The molecule has 1 saturated carbocycles. The molecule has 1 fully saturated rings. The molecular formula is C23H24Cl2N6OS. The molecule has 6 N–H and O–H groups in total. The van der Waals surface area contributed by atoms with Gasteiger partial charge in [0.05, 0.1) is 12.2 Å². The molecule has 1 unspecified atom stereocenters. The number of hydrogen-bond donors (Lipinski definition) is 4. The van der Waals surface area contributed by atoms with Crippen molar-refractivity contribution < 1.29 is 4.79 Å². The highest BCUT2D eigenvalue weighted by Gasteiger charge is 2.29. The summed E-state index contributed by atoms with van der Waals surface area (Å²) in [7, 11) is 0. The Kier molecular flexibility index (Phi) is 8.80. The van der Waals surface area contributed by atoms with Crippen LogP contribution in [0.25, 0.3) is 21.6 Å². The fraction of sp³-hybridized carbons (Fsp3) is 0.261. The third-order valence-electron chi connectivity index (χ3n) is 4.85. The first-order chi connectivity index (χ1) is 15.9. The Morgan fingerprint density at radius 1 is 1.27 bits per heavy atom. The van der Waals surface area contributed by atoms with E-state index in [4.69, 9.17) is 39.9 Å². The molecule has 1 aliphatic rings. The molecule has 1 atom stereocenters. The standard InChI is InChI=1S/C21H21Cl2N5OS.C2H3N/c22-13-3-4-14(16(23)8-13)15-9-17(30-19(15)20(25)27-10-24)12-5-6-26-18(7-12)28-21(29)11-1-2-11;1-2-3/h3-9,11,20,27H,1-2,10,24-25H2,(H,26,28,29);1H3. The molecule has 33 heavy (non-hydrogen) atoms. The van der Waals surface area contributed by atoms with Gasteiger partial charge in [0.1, 0.15) is 5.82 Å². The van der Waals surface area contributed by atoms with E-state index < -0.39 is 6.17 Å². The van der Waals surface area contributed by atoms with Crippen molar-refractivity contribution in [1.29, 1.82) is 5.26 Å². The fourth-order valence-corrected chi connectivity index (χ4v) is 4.80. The maximum Gasteiger partial charge on any atom is 0.228 e. The van der Waals surface area contributed by atoms with Crippen LogP contribution in [0.4, 0.5) is 5.82 Å². The van der Waals surface area contributed by atoms with E-state index in [0.717, 1.165) is 39.3 Å². The molecule has 0 radical (unpaired) electrons. The molecule has 172 valence electrons. The zero-order chi connectivity index (χ0) is 24.0. The second-order valence-corrected chi connectivity index (χ2v) is 9.24. The van der Waals surface area contributed by atoms with Crippen LogP contribution in [0.1, 0.15) is 30.8 Å². The summed E-state index contributed by atoms with van der Waals surface area (Å²) in [5.74, 6) is 0.673. The third kappa shape index (κ3) is 6.51. The first-order valence-corrected chi connectivity index (χ1v) is 11.8. The Hall–Kier alpha value is -2.51. The van der Waals surface area contributed by atoms with E-state index in [-0.39, 0.29) is 18.5 Å². The monoisotopic (exact) mass is 502 g/mol. The lowest BCUT2D eigenvalue weighted by atomic mass is 10.0. The van der Waals surface area contributed by atoms with Gasteiger partial charge in [0.25, 0.3) is 0 Å². The molecule has 1 amide bonds. The third-order valence-corrected chi connectivity index (χ3v) is 6.66. The summed E-state index contributed by atoms with van der Waals surface area (Å²) in [5.41, 5.74) is 14.6. The second kappa shape index (κ2) is 11.6. The van der Waals surface area contributed by atoms with Crippen molar-refractivity contribution in [3.8, 4) is 27.6 Å². The van der Waals surface area contributed by atoms with Crippen molar-refractivity contribution in [2.75, 3.05) is 12.0 Å². The topological polar surface area (TPSA) is 130 Å². The Bertz CT molecular complexity index is 1170. The molecule has 0 saturated heterocycles. The van der Waals surface area contributed by atoms with Crippen LogP contribution in [-0.4, -0.2) is 17.6 Å². The number of amides is 1. The number of halogens is 2. The number of carbonyl (C=O) groups excluding carboxylic acids is 1. The van der Waals surface area contributed by atoms with Crippen LogP contribution in [-0.2, 0) is 4.79 Å². The van der Waals surface area contributed by atoms with Gasteiger partial charge in [-0.3, -0.25) is 10.1 Å². The summed E-state index contributed by atoms with van der Waals surface area (Å²) in [6, 6.07) is 12.9. The van der Waals surface area contributed by atoms with E-state index in [1.165, 1.54) is 18.3 Å². The van der Waals surface area contributed by atoms with Gasteiger partial charge < -0.3 is 16.8 Å². The highest BCUT2D eigenvalue weighted by atomic mass is 35.5. The lowest BCUT2D eigenvalue weighted by Gasteiger charge is -2.14. The van der Waals surface area contributed by atoms with Crippen molar-refractivity contribution in [2.24, 2.45) is 17.4 Å². The summed E-state index contributed by atoms with van der Waals surface area (Å²) in [5, 5.41) is 14.4. The quantitative estimate of drug-likeness (QED) is 0.331. The van der Waals surface area contributed by atoms with Gasteiger partial charge in [-0.15, -0.1) is 11.3 Å². The molecule has 3 aromatic rings. The van der Waals surface area contributed by atoms with Gasteiger partial charge in [0.2, 0.25) is 5.91 Å². The molecule has 0 bridgehead atoms. The van der Waals surface area contributed by atoms with E-state index in [1.807, 2.05) is 24.3 Å². The lowest BCUT2D eigenvalue weighted by Crippen LogP contribution is -2.32. The summed E-state index contributed by atoms with van der Waals surface area (Å²) in [6.45, 7) is 1.68. The maximum atomic E-state index is 12.1. The van der Waals surface area contributed by atoms with Gasteiger partial charge >= 0.3 is 0 Å². The van der Waals surface area contributed by atoms with Crippen LogP contribution >= 0.6 is 34.5 Å². The lowest BCUT2D eigenvalue weighted by molar-refractivity contribution is -0.117. The Morgan fingerprint density at radius 2 is 2.00 bits per heavy atom. The number of nitrogens with one attached hydrogen (secondary N) is 2. The summed E-state index contributed by atoms with van der Waals surface area (Å²) < 4.78 is 0. The molecule has 0 spiro atoms. The number of carbonyl (C=O) groups is 1. The molecule has 0 aliphatic heterocycles. The van der Waals surface area contributed by atoms with Gasteiger partial charge in [-0.05, 0) is 48.7 Å². The minimum Gasteiger partial charge on any atom is -0.318 e. The van der Waals surface area contributed by atoms with Gasteiger partial charge in [-0.25, -0.2) is 4.98 Å². The number of nitrogens with two attached hydrogens (primary N) is 2. The Morgan fingerprint density at radius 3 is 2.64 bits per heavy atom. The van der Waals surface area contributed by atoms with Crippen LogP contribution in [0.3, 0.4) is 0 Å². The predicted molar refractivity (Wildman–Crippen MR) is 135 cm³/mol. The van der Waals surface area contributed by atoms with E-state index in [1.54, 1.807) is 24.4 Å². The number of hydrogen-bond acceptors (Lipinski definition) is 7. The molecule has 1 aromatic carbocycles. The molecule has 2 aromatic heterocycles. The molecular weight excluding hydrogens is 479 g/mol. The van der Waals surface area contributed by atoms with Gasteiger partial charge in [0, 0.05) is 56.6 Å². The fourth-order valence-electron chi connectivity index (χ4n) is 3.14. The highest BCUT2D eigenvalue weighted by Crippen LogP contribution is 2.42. The number of rotatable bonds is 7. The number of nitriles is 1. The first kappa shape index (κ1) is 25.1. The van der Waals surface area contributed by atoms with Crippen molar-refractivity contribution in [3.05, 3.63) is 57.5 Å². The maximum absolute atomic E-state index is 12.1. The van der Waals surface area contributed by atoms with Crippen molar-refractivity contribution in [2.45, 2.75) is 25.9 Å². The normalized spacial score (nSPS) is 13.5. The Labute approximate surface area is 206 Å². The Balaban J connectivity index is 0.000000968. The summed E-state index contributed by atoms with van der Waals surface area (Å²) in [6.07, 6.45) is 3.12. The zero-order valence-corrected chi connectivity index (χ0v) is 20.3. The minimum absolute atomic E-state index is 0.0225. The zero-order valence-electron chi connectivity index (χ0n) is 17.9.